The van der Waals surface area contributed by atoms with Crippen LogP contribution in [0, 0.1) is 0 Å². The lowest BCUT2D eigenvalue weighted by atomic mass is 9.92. The van der Waals surface area contributed by atoms with Gasteiger partial charge in [0.2, 0.25) is 11.7 Å². The molecule has 1 aliphatic rings. The molecule has 0 radical (unpaired) electrons. The zero-order valence-corrected chi connectivity index (χ0v) is 14.4. The molecule has 3 aromatic rings. The van der Waals surface area contributed by atoms with Gasteiger partial charge in [0.05, 0.1) is 11.7 Å². The third-order valence-corrected chi connectivity index (χ3v) is 5.00. The summed E-state index contributed by atoms with van der Waals surface area (Å²) >= 11 is 7.15. The molecular weight excluding hydrogens is 352 g/mol. The SMILES string of the molecule is CC1(C)Oc2ncc(-c3nc(-c4nc(Cl)cs4)no3)cc2C[C@H]1O. The Morgan fingerprint density at radius 1 is 1.38 bits per heavy atom. The molecule has 0 spiro atoms. The molecule has 0 saturated carbocycles. The van der Waals surface area contributed by atoms with Crippen molar-refractivity contribution in [2.75, 3.05) is 0 Å². The van der Waals surface area contributed by atoms with E-state index in [1.165, 1.54) is 11.3 Å². The molecule has 0 fully saturated rings. The summed E-state index contributed by atoms with van der Waals surface area (Å²) in [5.41, 5.74) is 0.797. The number of ether oxygens (including phenoxy) is 1. The second-order valence-electron chi connectivity index (χ2n) is 6.01. The fraction of sp³-hybridized carbons (Fsp3) is 0.333. The number of hydrogen-bond acceptors (Lipinski definition) is 8. The number of pyridine rings is 1. The van der Waals surface area contributed by atoms with Gasteiger partial charge in [0.1, 0.15) is 10.8 Å². The van der Waals surface area contributed by atoms with E-state index < -0.39 is 11.7 Å². The van der Waals surface area contributed by atoms with E-state index in [9.17, 15) is 5.11 Å². The Hall–Kier alpha value is -2.03. The van der Waals surface area contributed by atoms with Crippen molar-refractivity contribution in [3.63, 3.8) is 0 Å². The van der Waals surface area contributed by atoms with Crippen LogP contribution in [0.15, 0.2) is 22.2 Å². The maximum atomic E-state index is 10.2. The number of aliphatic hydroxyl groups excluding tert-OH is 1. The van der Waals surface area contributed by atoms with E-state index in [-0.39, 0.29) is 0 Å². The molecule has 3 aromatic heterocycles. The lowest BCUT2D eigenvalue weighted by Crippen LogP contribution is -2.46. The van der Waals surface area contributed by atoms with Crippen LogP contribution < -0.4 is 4.74 Å². The summed E-state index contributed by atoms with van der Waals surface area (Å²) in [6, 6.07) is 1.84. The van der Waals surface area contributed by atoms with Crippen molar-refractivity contribution in [3.8, 4) is 28.2 Å². The summed E-state index contributed by atoms with van der Waals surface area (Å²) in [5.74, 6) is 1.21. The van der Waals surface area contributed by atoms with Gasteiger partial charge < -0.3 is 14.4 Å². The van der Waals surface area contributed by atoms with Crippen LogP contribution in [0.4, 0.5) is 0 Å². The largest absolute Gasteiger partial charge is 0.469 e. The van der Waals surface area contributed by atoms with Gasteiger partial charge in [-0.3, -0.25) is 0 Å². The van der Waals surface area contributed by atoms with Gasteiger partial charge in [-0.2, -0.15) is 4.98 Å². The molecule has 4 rings (SSSR count). The van der Waals surface area contributed by atoms with Crippen molar-refractivity contribution in [3.05, 3.63) is 28.4 Å². The second kappa shape index (κ2) is 5.51. The topological polar surface area (TPSA) is 94.2 Å². The quantitative estimate of drug-likeness (QED) is 0.746. The molecule has 1 aliphatic heterocycles. The summed E-state index contributed by atoms with van der Waals surface area (Å²) in [7, 11) is 0. The molecule has 0 aliphatic carbocycles. The number of fused-ring (bicyclic) bond motifs is 1. The van der Waals surface area contributed by atoms with Gasteiger partial charge in [0, 0.05) is 23.6 Å². The van der Waals surface area contributed by atoms with E-state index >= 15 is 0 Å². The molecule has 9 heteroatoms. The molecular formula is C15H13ClN4O3S. The first kappa shape index (κ1) is 15.5. The van der Waals surface area contributed by atoms with E-state index in [0.717, 1.165) is 5.56 Å². The molecule has 4 heterocycles. The van der Waals surface area contributed by atoms with Crippen LogP contribution in [0.25, 0.3) is 22.3 Å². The second-order valence-corrected chi connectivity index (χ2v) is 7.26. The Kier molecular flexibility index (Phi) is 3.56. The summed E-state index contributed by atoms with van der Waals surface area (Å²) in [6.07, 6.45) is 1.45. The molecule has 1 atom stereocenters. The zero-order valence-electron chi connectivity index (χ0n) is 12.9. The van der Waals surface area contributed by atoms with Crippen LogP contribution in [0.3, 0.4) is 0 Å². The van der Waals surface area contributed by atoms with Crippen molar-refractivity contribution in [1.29, 1.82) is 0 Å². The molecule has 0 aromatic carbocycles. The first-order valence-electron chi connectivity index (χ1n) is 7.24. The van der Waals surface area contributed by atoms with Gasteiger partial charge in [-0.1, -0.05) is 16.8 Å². The molecule has 24 heavy (non-hydrogen) atoms. The smallest absolute Gasteiger partial charge is 0.259 e. The number of halogens is 1. The molecule has 0 saturated heterocycles. The van der Waals surface area contributed by atoms with Gasteiger partial charge in [0.25, 0.3) is 5.89 Å². The van der Waals surface area contributed by atoms with Crippen molar-refractivity contribution < 1.29 is 14.4 Å². The van der Waals surface area contributed by atoms with Crippen molar-refractivity contribution in [2.45, 2.75) is 32.0 Å². The Morgan fingerprint density at radius 3 is 2.96 bits per heavy atom. The van der Waals surface area contributed by atoms with Crippen molar-refractivity contribution >= 4 is 22.9 Å². The van der Waals surface area contributed by atoms with Gasteiger partial charge >= 0.3 is 0 Å². The third kappa shape index (κ3) is 2.66. The van der Waals surface area contributed by atoms with Gasteiger partial charge in [0.15, 0.2) is 5.01 Å². The van der Waals surface area contributed by atoms with E-state index in [4.69, 9.17) is 20.9 Å². The van der Waals surface area contributed by atoms with Crippen LogP contribution >= 0.6 is 22.9 Å². The predicted molar refractivity (Wildman–Crippen MR) is 88.1 cm³/mol. The van der Waals surface area contributed by atoms with E-state index in [1.54, 1.807) is 11.6 Å². The van der Waals surface area contributed by atoms with Gasteiger partial charge in [-0.15, -0.1) is 11.3 Å². The Balaban J connectivity index is 1.67. The molecule has 0 amide bonds. The van der Waals surface area contributed by atoms with Crippen LogP contribution in [0.5, 0.6) is 5.88 Å². The lowest BCUT2D eigenvalue weighted by molar-refractivity contribution is -0.0442. The molecule has 7 nitrogen and oxygen atoms in total. The predicted octanol–water partition coefficient (Wildman–Crippen LogP) is 2.98. The molecule has 1 N–H and O–H groups in total. The number of nitrogens with zero attached hydrogens (tertiary/aromatic N) is 4. The Bertz CT molecular complexity index is 908. The summed E-state index contributed by atoms with van der Waals surface area (Å²) in [5, 5.41) is 16.8. The van der Waals surface area contributed by atoms with Crippen molar-refractivity contribution in [1.82, 2.24) is 20.1 Å². The number of aromatic nitrogens is 4. The third-order valence-electron chi connectivity index (χ3n) is 3.84. The summed E-state index contributed by atoms with van der Waals surface area (Å²) in [6.45, 7) is 3.67. The summed E-state index contributed by atoms with van der Waals surface area (Å²) < 4.78 is 11.0. The minimum Gasteiger partial charge on any atom is -0.469 e. The average molecular weight is 365 g/mol. The monoisotopic (exact) mass is 364 g/mol. The van der Waals surface area contributed by atoms with Gasteiger partial charge in [-0.05, 0) is 19.9 Å². The maximum absolute atomic E-state index is 10.2. The van der Waals surface area contributed by atoms with Crippen LogP contribution in [-0.2, 0) is 6.42 Å². The Labute approximate surface area is 146 Å². The van der Waals surface area contributed by atoms with E-state index in [1.807, 2.05) is 19.9 Å². The minimum atomic E-state index is -0.663. The number of hydrogen-bond donors (Lipinski definition) is 1. The normalized spacial score (nSPS) is 18.9. The minimum absolute atomic E-state index is 0.325. The van der Waals surface area contributed by atoms with Crippen LogP contribution in [0.1, 0.15) is 19.4 Å². The zero-order chi connectivity index (χ0) is 16.9. The maximum Gasteiger partial charge on any atom is 0.259 e. The summed E-state index contributed by atoms with van der Waals surface area (Å²) in [4.78, 5) is 12.8. The number of thiazole rings is 1. The van der Waals surface area contributed by atoms with Crippen LogP contribution in [0.2, 0.25) is 5.15 Å². The lowest BCUT2D eigenvalue weighted by Gasteiger charge is -2.36. The first-order chi connectivity index (χ1) is 11.4. The molecule has 0 bridgehead atoms. The number of aliphatic hydroxyl groups is 1. The van der Waals surface area contributed by atoms with Gasteiger partial charge in [-0.25, -0.2) is 9.97 Å². The van der Waals surface area contributed by atoms with Crippen molar-refractivity contribution in [2.24, 2.45) is 0 Å². The first-order valence-corrected chi connectivity index (χ1v) is 8.49. The molecule has 124 valence electrons. The van der Waals surface area contributed by atoms with E-state index in [2.05, 4.69) is 20.1 Å². The molecule has 0 unspecified atom stereocenters. The highest BCUT2D eigenvalue weighted by Crippen LogP contribution is 2.34. The van der Waals surface area contributed by atoms with Crippen LogP contribution in [-0.4, -0.2) is 36.9 Å². The standard InChI is InChI=1S/C15H13ClN4O3S/c1-15(2)9(21)4-7-3-8(5-17-12(7)22-15)13-19-11(20-23-13)14-18-10(16)6-24-14/h3,5-6,9,21H,4H2,1-2H3/t9-/m1/s1. The highest BCUT2D eigenvalue weighted by atomic mass is 35.5. The number of rotatable bonds is 2. The fourth-order valence-electron chi connectivity index (χ4n) is 2.41. The fourth-order valence-corrected chi connectivity index (χ4v) is 3.28. The Morgan fingerprint density at radius 2 is 2.21 bits per heavy atom. The highest BCUT2D eigenvalue weighted by Gasteiger charge is 2.36. The average Bonchev–Trinajstić information content (AvgIpc) is 3.16. The highest BCUT2D eigenvalue weighted by molar-refractivity contribution is 7.13. The van der Waals surface area contributed by atoms with E-state index in [0.29, 0.717) is 39.7 Å².